The highest BCUT2D eigenvalue weighted by Gasteiger charge is 2.33. The second-order valence-electron chi connectivity index (χ2n) is 8.83. The summed E-state index contributed by atoms with van der Waals surface area (Å²) in [5.41, 5.74) is 5.58. The van der Waals surface area contributed by atoms with Gasteiger partial charge in [0.1, 0.15) is 17.9 Å². The molecule has 1 aromatic carbocycles. The Labute approximate surface area is 160 Å². The highest BCUT2D eigenvalue weighted by Crippen LogP contribution is 2.43. The van der Waals surface area contributed by atoms with Gasteiger partial charge in [0, 0.05) is 19.2 Å². The summed E-state index contributed by atoms with van der Waals surface area (Å²) in [4.78, 5) is 12.5. The second-order valence-corrected chi connectivity index (χ2v) is 14.5. The zero-order valence-electron chi connectivity index (χ0n) is 17.8. The number of fused-ring (bicyclic) bond motifs is 1. The first-order valence-electron chi connectivity index (χ1n) is 10.2. The maximum absolute atomic E-state index is 12.5. The largest absolute Gasteiger partial charge is 0.493 e. The third kappa shape index (κ3) is 4.51. The van der Waals surface area contributed by atoms with Crippen molar-refractivity contribution in [3.63, 3.8) is 0 Å². The van der Waals surface area contributed by atoms with Crippen LogP contribution >= 0.6 is 0 Å². The number of hydrogen-bond donors (Lipinski definition) is 0. The average molecular weight is 377 g/mol. The van der Waals surface area contributed by atoms with Gasteiger partial charge < -0.3 is 9.47 Å². The molecule has 0 fully saturated rings. The Morgan fingerprint density at radius 3 is 2.50 bits per heavy atom. The second kappa shape index (κ2) is 8.60. The van der Waals surface area contributed by atoms with Crippen LogP contribution in [-0.4, -0.2) is 20.7 Å². The minimum atomic E-state index is -1.19. The van der Waals surface area contributed by atoms with E-state index in [1.54, 1.807) is 0 Å². The van der Waals surface area contributed by atoms with Gasteiger partial charge in [0.25, 0.3) is 0 Å². The lowest BCUT2D eigenvalue weighted by molar-refractivity contribution is 0.0532. The molecule has 1 unspecified atom stereocenters. The molecule has 0 aliphatic carbocycles. The number of carbonyl (C=O) groups is 1. The van der Waals surface area contributed by atoms with Crippen LogP contribution in [0.4, 0.5) is 0 Å². The Balaban J connectivity index is 2.53. The Morgan fingerprint density at radius 2 is 1.92 bits per heavy atom. The Bertz CT molecular complexity index is 659. The summed E-state index contributed by atoms with van der Waals surface area (Å²) in [5.74, 6) is 1.01. The molecule has 1 heterocycles. The van der Waals surface area contributed by atoms with Crippen molar-refractivity contribution in [3.8, 4) is 5.75 Å². The Hall–Kier alpha value is -1.29. The SMILES string of the molecule is CCCCC(C)c1c(CC)c(C)c2c(c1OCC[Si](C)(C)C)C(=O)OC2. The molecule has 0 amide bonds. The zero-order valence-corrected chi connectivity index (χ0v) is 18.8. The van der Waals surface area contributed by atoms with Gasteiger partial charge in [-0.05, 0) is 42.9 Å². The van der Waals surface area contributed by atoms with Gasteiger partial charge in [0.05, 0.1) is 6.61 Å². The predicted octanol–water partition coefficient (Wildman–Crippen LogP) is 6.24. The van der Waals surface area contributed by atoms with E-state index in [9.17, 15) is 4.79 Å². The molecule has 1 aliphatic heterocycles. The van der Waals surface area contributed by atoms with Crippen LogP contribution in [0.15, 0.2) is 0 Å². The minimum Gasteiger partial charge on any atom is -0.493 e. The average Bonchev–Trinajstić information content (AvgIpc) is 2.95. The van der Waals surface area contributed by atoms with Crippen molar-refractivity contribution in [2.75, 3.05) is 6.61 Å². The monoisotopic (exact) mass is 376 g/mol. The molecule has 146 valence electrons. The molecule has 0 aromatic heterocycles. The first-order valence-corrected chi connectivity index (χ1v) is 13.9. The molecule has 1 atom stereocenters. The first-order chi connectivity index (χ1) is 12.2. The number of benzene rings is 1. The molecule has 0 spiro atoms. The Kier molecular flexibility index (Phi) is 6.95. The van der Waals surface area contributed by atoms with Gasteiger partial charge in [-0.25, -0.2) is 4.79 Å². The van der Waals surface area contributed by atoms with Crippen LogP contribution in [-0.2, 0) is 17.8 Å². The van der Waals surface area contributed by atoms with Crippen molar-refractivity contribution in [1.82, 2.24) is 0 Å². The van der Waals surface area contributed by atoms with Gasteiger partial charge in [-0.3, -0.25) is 0 Å². The van der Waals surface area contributed by atoms with E-state index >= 15 is 0 Å². The lowest BCUT2D eigenvalue weighted by atomic mass is 9.83. The van der Waals surface area contributed by atoms with E-state index in [1.165, 1.54) is 29.5 Å². The summed E-state index contributed by atoms with van der Waals surface area (Å²) in [6.07, 6.45) is 4.47. The molecule has 0 N–H and O–H groups in total. The lowest BCUT2D eigenvalue weighted by Gasteiger charge is -2.25. The highest BCUT2D eigenvalue weighted by molar-refractivity contribution is 6.76. The maximum atomic E-state index is 12.5. The molecule has 4 heteroatoms. The number of carbonyl (C=O) groups excluding carboxylic acids is 1. The number of unbranched alkanes of at least 4 members (excludes halogenated alkanes) is 1. The van der Waals surface area contributed by atoms with E-state index in [1.807, 2.05) is 0 Å². The van der Waals surface area contributed by atoms with Crippen molar-refractivity contribution >= 4 is 14.0 Å². The number of cyclic esters (lactones) is 1. The first kappa shape index (κ1) is 21.0. The number of rotatable bonds is 9. The molecule has 0 saturated carbocycles. The third-order valence-electron chi connectivity index (χ3n) is 5.49. The van der Waals surface area contributed by atoms with E-state index in [4.69, 9.17) is 9.47 Å². The molecule has 0 radical (unpaired) electrons. The van der Waals surface area contributed by atoms with Crippen LogP contribution < -0.4 is 4.74 Å². The van der Waals surface area contributed by atoms with Crippen LogP contribution in [0.5, 0.6) is 5.75 Å². The van der Waals surface area contributed by atoms with Crippen molar-refractivity contribution in [1.29, 1.82) is 0 Å². The molecule has 2 rings (SSSR count). The zero-order chi connectivity index (χ0) is 19.5. The Morgan fingerprint density at radius 1 is 1.23 bits per heavy atom. The highest BCUT2D eigenvalue weighted by atomic mass is 28.3. The molecule has 26 heavy (non-hydrogen) atoms. The van der Waals surface area contributed by atoms with Crippen LogP contribution in [0.2, 0.25) is 25.7 Å². The predicted molar refractivity (Wildman–Crippen MR) is 111 cm³/mol. The van der Waals surface area contributed by atoms with Crippen molar-refractivity contribution in [2.45, 2.75) is 91.6 Å². The summed E-state index contributed by atoms with van der Waals surface area (Å²) in [6, 6.07) is 1.09. The fraction of sp³-hybridized carbons (Fsp3) is 0.682. The van der Waals surface area contributed by atoms with E-state index in [2.05, 4.69) is 47.3 Å². The van der Waals surface area contributed by atoms with Crippen LogP contribution in [0.3, 0.4) is 0 Å². The molecule has 1 aromatic rings. The standard InChI is InChI=1S/C22H36O3Si/c1-8-10-11-15(3)19-17(9-2)16(4)18-14-25-22(23)20(18)21(19)24-12-13-26(5,6)7/h15H,8-14H2,1-7H3. The van der Waals surface area contributed by atoms with Crippen LogP contribution in [0.1, 0.15) is 78.6 Å². The van der Waals surface area contributed by atoms with E-state index in [-0.39, 0.29) is 5.97 Å². The van der Waals surface area contributed by atoms with Gasteiger partial charge in [-0.1, -0.05) is 53.3 Å². The normalized spacial score (nSPS) is 15.0. The fourth-order valence-corrected chi connectivity index (χ4v) is 4.54. The molecule has 1 aliphatic rings. The van der Waals surface area contributed by atoms with Crippen molar-refractivity contribution < 1.29 is 14.3 Å². The molecule has 0 bridgehead atoms. The number of ether oxygens (including phenoxy) is 2. The number of esters is 1. The van der Waals surface area contributed by atoms with Gasteiger partial charge >= 0.3 is 5.97 Å². The van der Waals surface area contributed by atoms with Gasteiger partial charge in [-0.2, -0.15) is 0 Å². The topological polar surface area (TPSA) is 35.5 Å². The molecular weight excluding hydrogens is 340 g/mol. The van der Waals surface area contributed by atoms with Crippen LogP contribution in [0.25, 0.3) is 0 Å². The van der Waals surface area contributed by atoms with Crippen molar-refractivity contribution in [3.05, 3.63) is 27.8 Å². The molecule has 3 nitrogen and oxygen atoms in total. The third-order valence-corrected chi connectivity index (χ3v) is 7.20. The molecule has 0 saturated heterocycles. The minimum absolute atomic E-state index is 0.210. The van der Waals surface area contributed by atoms with Gasteiger partial charge in [0.2, 0.25) is 0 Å². The summed E-state index contributed by atoms with van der Waals surface area (Å²) < 4.78 is 11.8. The summed E-state index contributed by atoms with van der Waals surface area (Å²) in [6.45, 7) is 17.0. The summed E-state index contributed by atoms with van der Waals surface area (Å²) >= 11 is 0. The number of hydrogen-bond acceptors (Lipinski definition) is 3. The van der Waals surface area contributed by atoms with Gasteiger partial charge in [-0.15, -0.1) is 0 Å². The summed E-state index contributed by atoms with van der Waals surface area (Å²) in [7, 11) is -1.19. The smallest absolute Gasteiger partial charge is 0.342 e. The van der Waals surface area contributed by atoms with Crippen LogP contribution in [0, 0.1) is 6.92 Å². The summed E-state index contributed by atoms with van der Waals surface area (Å²) in [5, 5.41) is 0. The maximum Gasteiger partial charge on any atom is 0.342 e. The molecular formula is C22H36O3Si. The van der Waals surface area contributed by atoms with E-state index in [0.29, 0.717) is 24.7 Å². The van der Waals surface area contributed by atoms with Gasteiger partial charge in [0.15, 0.2) is 0 Å². The fourth-order valence-electron chi connectivity index (χ4n) is 3.83. The quantitative estimate of drug-likeness (QED) is 0.378. The van der Waals surface area contributed by atoms with E-state index < -0.39 is 8.07 Å². The van der Waals surface area contributed by atoms with E-state index in [0.717, 1.165) is 30.2 Å². The van der Waals surface area contributed by atoms with Crippen molar-refractivity contribution in [2.24, 2.45) is 0 Å². The lowest BCUT2D eigenvalue weighted by Crippen LogP contribution is -2.23.